The van der Waals surface area contributed by atoms with E-state index in [1.54, 1.807) is 0 Å². The molecule has 1 amide bonds. The summed E-state index contributed by atoms with van der Waals surface area (Å²) in [5, 5.41) is 1.01. The van der Waals surface area contributed by atoms with Gasteiger partial charge >= 0.3 is 0 Å². The van der Waals surface area contributed by atoms with Gasteiger partial charge in [0.25, 0.3) is 0 Å². The lowest BCUT2D eigenvalue weighted by molar-refractivity contribution is -0.137. The van der Waals surface area contributed by atoms with Gasteiger partial charge in [0.15, 0.2) is 0 Å². The van der Waals surface area contributed by atoms with Crippen molar-refractivity contribution in [3.05, 3.63) is 0 Å². The van der Waals surface area contributed by atoms with Crippen molar-refractivity contribution in [3.63, 3.8) is 0 Å². The third kappa shape index (κ3) is 2.72. The van der Waals surface area contributed by atoms with Gasteiger partial charge in [-0.25, -0.2) is 0 Å². The Kier molecular flexibility index (Phi) is 4.03. The lowest BCUT2D eigenvalue weighted by Gasteiger charge is -2.33. The number of carbonyl (C=O) groups excluding carboxylic acids is 1. The van der Waals surface area contributed by atoms with Crippen molar-refractivity contribution in [1.82, 2.24) is 4.90 Å². The summed E-state index contributed by atoms with van der Waals surface area (Å²) in [5.74, 6) is 1.10. The number of amides is 1. The topological polar surface area (TPSA) is 29.5 Å². The molecular formula is C11H18BrNO2. The first kappa shape index (κ1) is 11.4. The molecule has 0 spiro atoms. The lowest BCUT2D eigenvalue weighted by Crippen LogP contribution is -2.43. The Morgan fingerprint density at radius 3 is 3.00 bits per heavy atom. The minimum Gasteiger partial charge on any atom is -0.381 e. The van der Waals surface area contributed by atoms with E-state index in [9.17, 15) is 4.79 Å². The van der Waals surface area contributed by atoms with Gasteiger partial charge in [-0.05, 0) is 25.2 Å². The molecule has 15 heavy (non-hydrogen) atoms. The molecule has 2 rings (SSSR count). The molecule has 0 radical (unpaired) electrons. The van der Waals surface area contributed by atoms with Crippen molar-refractivity contribution in [1.29, 1.82) is 0 Å². The predicted octanol–water partition coefficient (Wildman–Crippen LogP) is 1.66. The van der Waals surface area contributed by atoms with E-state index in [1.165, 1.54) is 6.42 Å². The summed E-state index contributed by atoms with van der Waals surface area (Å²) in [5.41, 5.74) is 0. The van der Waals surface area contributed by atoms with Crippen LogP contribution in [-0.4, -0.2) is 42.4 Å². The van der Waals surface area contributed by atoms with E-state index in [4.69, 9.17) is 4.74 Å². The molecule has 2 fully saturated rings. The third-order valence-electron chi connectivity index (χ3n) is 3.33. The maximum atomic E-state index is 12.1. The Hall–Kier alpha value is -0.0900. The number of rotatable bonds is 2. The summed E-state index contributed by atoms with van der Waals surface area (Å²) >= 11 is 3.51. The largest absolute Gasteiger partial charge is 0.381 e. The summed E-state index contributed by atoms with van der Waals surface area (Å²) < 4.78 is 5.27. The molecule has 0 aromatic heterocycles. The van der Waals surface area contributed by atoms with Crippen LogP contribution in [0.4, 0.5) is 0 Å². The van der Waals surface area contributed by atoms with Crippen molar-refractivity contribution in [3.8, 4) is 0 Å². The highest BCUT2D eigenvalue weighted by Crippen LogP contribution is 2.22. The lowest BCUT2D eigenvalue weighted by atomic mass is 9.98. The average molecular weight is 276 g/mol. The molecule has 0 saturated carbocycles. The number of hydrogen-bond donors (Lipinski definition) is 0. The fourth-order valence-electron chi connectivity index (χ4n) is 2.38. The smallest absolute Gasteiger partial charge is 0.228 e. The van der Waals surface area contributed by atoms with Crippen LogP contribution in [0.5, 0.6) is 0 Å². The summed E-state index contributed by atoms with van der Waals surface area (Å²) in [6, 6.07) is 0. The van der Waals surface area contributed by atoms with Crippen molar-refractivity contribution in [2.24, 2.45) is 11.8 Å². The highest BCUT2D eigenvalue weighted by atomic mass is 79.9. The van der Waals surface area contributed by atoms with Crippen molar-refractivity contribution in [2.75, 3.05) is 31.6 Å². The van der Waals surface area contributed by atoms with Crippen LogP contribution in [0.25, 0.3) is 0 Å². The van der Waals surface area contributed by atoms with E-state index < -0.39 is 0 Å². The second kappa shape index (κ2) is 5.30. The molecule has 4 heteroatoms. The van der Waals surface area contributed by atoms with E-state index in [-0.39, 0.29) is 5.92 Å². The second-order valence-corrected chi connectivity index (χ2v) is 5.15. The zero-order valence-electron chi connectivity index (χ0n) is 8.95. The maximum absolute atomic E-state index is 12.1. The van der Waals surface area contributed by atoms with Crippen LogP contribution in [0.15, 0.2) is 0 Å². The molecule has 0 bridgehead atoms. The first-order valence-corrected chi connectivity index (χ1v) is 6.86. The minimum absolute atomic E-state index is 0.138. The number of ether oxygens (including phenoxy) is 1. The number of likely N-dealkylation sites (tertiary alicyclic amines) is 1. The number of nitrogens with zero attached hydrogens (tertiary/aromatic N) is 1. The van der Waals surface area contributed by atoms with Crippen molar-refractivity contribution in [2.45, 2.75) is 19.3 Å². The molecule has 2 unspecified atom stereocenters. The van der Waals surface area contributed by atoms with E-state index in [1.807, 2.05) is 4.90 Å². The van der Waals surface area contributed by atoms with Gasteiger partial charge in [0.05, 0.1) is 12.5 Å². The molecule has 2 saturated heterocycles. The molecule has 2 heterocycles. The molecule has 2 atom stereocenters. The van der Waals surface area contributed by atoms with Crippen molar-refractivity contribution >= 4 is 21.8 Å². The number of carbonyl (C=O) groups is 1. The van der Waals surface area contributed by atoms with E-state index in [2.05, 4.69) is 15.9 Å². The Morgan fingerprint density at radius 1 is 1.47 bits per heavy atom. The van der Waals surface area contributed by atoms with Crippen LogP contribution in [0.2, 0.25) is 0 Å². The fraction of sp³-hybridized carbons (Fsp3) is 0.909. The SMILES string of the molecule is O=C(C1CCOC1)N1CCCC(CBr)C1. The molecule has 2 aliphatic rings. The number of halogens is 1. The van der Waals surface area contributed by atoms with Gasteiger partial charge in [0.1, 0.15) is 0 Å². The van der Waals surface area contributed by atoms with Crippen molar-refractivity contribution < 1.29 is 9.53 Å². The van der Waals surface area contributed by atoms with Gasteiger partial charge in [-0.2, -0.15) is 0 Å². The molecule has 0 aromatic rings. The monoisotopic (exact) mass is 275 g/mol. The fourth-order valence-corrected chi connectivity index (χ4v) is 2.91. The zero-order valence-corrected chi connectivity index (χ0v) is 10.5. The number of piperidine rings is 1. The zero-order chi connectivity index (χ0) is 10.7. The van der Waals surface area contributed by atoms with Gasteiger partial charge < -0.3 is 9.64 Å². The molecule has 2 aliphatic heterocycles. The Balaban J connectivity index is 1.88. The molecule has 86 valence electrons. The van der Waals surface area contributed by atoms with E-state index in [0.717, 1.165) is 37.9 Å². The Labute approximate surface area is 99.3 Å². The van der Waals surface area contributed by atoms with Crippen LogP contribution < -0.4 is 0 Å². The van der Waals surface area contributed by atoms with E-state index >= 15 is 0 Å². The molecular weight excluding hydrogens is 258 g/mol. The van der Waals surface area contributed by atoms with Crippen LogP contribution in [0.3, 0.4) is 0 Å². The second-order valence-electron chi connectivity index (χ2n) is 4.51. The van der Waals surface area contributed by atoms with Crippen LogP contribution in [-0.2, 0) is 9.53 Å². The van der Waals surface area contributed by atoms with Crippen LogP contribution in [0, 0.1) is 11.8 Å². The summed E-state index contributed by atoms with van der Waals surface area (Å²) in [7, 11) is 0. The number of hydrogen-bond acceptors (Lipinski definition) is 2. The summed E-state index contributed by atoms with van der Waals surface area (Å²) in [4.78, 5) is 14.1. The minimum atomic E-state index is 0.138. The summed E-state index contributed by atoms with van der Waals surface area (Å²) in [6.07, 6.45) is 3.31. The van der Waals surface area contributed by atoms with Crippen LogP contribution >= 0.6 is 15.9 Å². The molecule has 0 aliphatic carbocycles. The average Bonchev–Trinajstić information content (AvgIpc) is 2.81. The Morgan fingerprint density at radius 2 is 2.33 bits per heavy atom. The van der Waals surface area contributed by atoms with Gasteiger partial charge in [0, 0.05) is 25.0 Å². The van der Waals surface area contributed by atoms with Gasteiger partial charge in [-0.15, -0.1) is 0 Å². The predicted molar refractivity (Wildman–Crippen MR) is 62.0 cm³/mol. The first-order valence-electron chi connectivity index (χ1n) is 5.73. The van der Waals surface area contributed by atoms with Gasteiger partial charge in [-0.1, -0.05) is 15.9 Å². The molecule has 0 aromatic carbocycles. The normalized spacial score (nSPS) is 31.9. The third-order valence-corrected chi connectivity index (χ3v) is 4.24. The highest BCUT2D eigenvalue weighted by Gasteiger charge is 2.30. The summed E-state index contributed by atoms with van der Waals surface area (Å²) in [6.45, 7) is 3.26. The van der Waals surface area contributed by atoms with Gasteiger partial charge in [0.2, 0.25) is 5.91 Å². The maximum Gasteiger partial charge on any atom is 0.228 e. The standard InChI is InChI=1S/C11H18BrNO2/c12-6-9-2-1-4-13(7-9)11(14)10-3-5-15-8-10/h9-10H,1-8H2. The quantitative estimate of drug-likeness (QED) is 0.718. The number of alkyl halides is 1. The first-order chi connectivity index (χ1) is 7.31. The van der Waals surface area contributed by atoms with E-state index in [0.29, 0.717) is 18.4 Å². The highest BCUT2D eigenvalue weighted by molar-refractivity contribution is 9.09. The van der Waals surface area contributed by atoms with Gasteiger partial charge in [-0.3, -0.25) is 4.79 Å². The van der Waals surface area contributed by atoms with Crippen LogP contribution in [0.1, 0.15) is 19.3 Å². The molecule has 3 nitrogen and oxygen atoms in total. The molecule has 0 N–H and O–H groups in total. The Bertz CT molecular complexity index is 229.